The maximum Gasteiger partial charge on any atom is 0.220 e. The molecule has 0 aromatic carbocycles. The molecule has 0 saturated carbocycles. The highest BCUT2D eigenvalue weighted by molar-refractivity contribution is 5.76. The summed E-state index contributed by atoms with van der Waals surface area (Å²) in [5, 5.41) is 22.3. The molecule has 0 bridgehead atoms. The quantitative estimate of drug-likeness (QED) is 0.0955. The third-order valence-electron chi connectivity index (χ3n) is 6.52. The minimum atomic E-state index is -0.827. The lowest BCUT2D eigenvalue weighted by atomic mass is 10.0. The first kappa shape index (κ1) is 32.1. The fourth-order valence-corrected chi connectivity index (χ4v) is 4.21. The SMILES string of the molecule is CCCCCCCCCCCCCCCCCCC/C=C/C(O)C(CO)NC(=O)CCCC. The third-order valence-corrected chi connectivity index (χ3v) is 6.52. The zero-order chi connectivity index (χ0) is 24.4. The fraction of sp³-hybridized carbons (Fsp3) is 0.897. The number of aliphatic hydroxyl groups excluding tert-OH is 2. The summed E-state index contributed by atoms with van der Waals surface area (Å²) in [5.74, 6) is -0.100. The van der Waals surface area contributed by atoms with Crippen LogP contribution in [0.15, 0.2) is 12.2 Å². The first-order valence-corrected chi connectivity index (χ1v) is 14.4. The van der Waals surface area contributed by atoms with Gasteiger partial charge in [-0.3, -0.25) is 4.79 Å². The Bertz CT molecular complexity index is 439. The Labute approximate surface area is 206 Å². The van der Waals surface area contributed by atoms with Crippen LogP contribution >= 0.6 is 0 Å². The molecule has 0 aliphatic carbocycles. The summed E-state index contributed by atoms with van der Waals surface area (Å²) in [4.78, 5) is 11.8. The molecule has 0 aromatic heterocycles. The van der Waals surface area contributed by atoms with E-state index in [1.54, 1.807) is 6.08 Å². The first-order valence-electron chi connectivity index (χ1n) is 14.4. The van der Waals surface area contributed by atoms with Crippen molar-refractivity contribution in [2.24, 2.45) is 0 Å². The van der Waals surface area contributed by atoms with Crippen molar-refractivity contribution in [2.45, 2.75) is 161 Å². The standard InChI is InChI=1S/C29H57NO3/c1-3-5-7-8-9-10-11-12-13-14-15-16-17-18-19-20-21-22-23-24-28(32)27(26-31)30-29(33)25-6-4-2/h23-24,27-28,31-32H,3-22,25-26H2,1-2H3,(H,30,33)/b24-23+. The lowest BCUT2D eigenvalue weighted by molar-refractivity contribution is -0.123. The lowest BCUT2D eigenvalue weighted by Gasteiger charge is -2.19. The molecule has 0 aliphatic rings. The number of hydrogen-bond acceptors (Lipinski definition) is 3. The van der Waals surface area contributed by atoms with E-state index in [0.29, 0.717) is 6.42 Å². The molecule has 0 aliphatic heterocycles. The average Bonchev–Trinajstić information content (AvgIpc) is 2.82. The van der Waals surface area contributed by atoms with Gasteiger partial charge in [0.25, 0.3) is 0 Å². The van der Waals surface area contributed by atoms with Gasteiger partial charge in [0.1, 0.15) is 0 Å². The van der Waals surface area contributed by atoms with E-state index < -0.39 is 12.1 Å². The predicted molar refractivity (Wildman–Crippen MR) is 142 cm³/mol. The van der Waals surface area contributed by atoms with Crippen molar-refractivity contribution in [2.75, 3.05) is 6.61 Å². The van der Waals surface area contributed by atoms with E-state index in [1.807, 2.05) is 13.0 Å². The van der Waals surface area contributed by atoms with Gasteiger partial charge in [0, 0.05) is 6.42 Å². The highest BCUT2D eigenvalue weighted by Crippen LogP contribution is 2.14. The summed E-state index contributed by atoms with van der Waals surface area (Å²) in [6.45, 7) is 4.07. The van der Waals surface area contributed by atoms with E-state index in [1.165, 1.54) is 103 Å². The van der Waals surface area contributed by atoms with Gasteiger partial charge in [-0.2, -0.15) is 0 Å². The van der Waals surface area contributed by atoms with Crippen LogP contribution in [0.4, 0.5) is 0 Å². The van der Waals surface area contributed by atoms with Crippen LogP contribution in [0, 0.1) is 0 Å². The Morgan fingerprint density at radius 2 is 1.12 bits per heavy atom. The van der Waals surface area contributed by atoms with Gasteiger partial charge in [-0.15, -0.1) is 0 Å². The van der Waals surface area contributed by atoms with Crippen molar-refractivity contribution >= 4 is 5.91 Å². The van der Waals surface area contributed by atoms with Crippen molar-refractivity contribution in [3.05, 3.63) is 12.2 Å². The number of aliphatic hydroxyl groups is 2. The molecule has 4 nitrogen and oxygen atoms in total. The van der Waals surface area contributed by atoms with Crippen LogP contribution in [-0.2, 0) is 4.79 Å². The van der Waals surface area contributed by atoms with Gasteiger partial charge in [-0.05, 0) is 19.3 Å². The topological polar surface area (TPSA) is 69.6 Å². The number of unbranched alkanes of at least 4 members (excludes halogenated alkanes) is 18. The van der Waals surface area contributed by atoms with Crippen LogP contribution in [0.5, 0.6) is 0 Å². The van der Waals surface area contributed by atoms with Gasteiger partial charge in [0.15, 0.2) is 0 Å². The van der Waals surface area contributed by atoms with Gasteiger partial charge < -0.3 is 15.5 Å². The van der Waals surface area contributed by atoms with Crippen LogP contribution in [0.3, 0.4) is 0 Å². The number of rotatable bonds is 25. The van der Waals surface area contributed by atoms with Gasteiger partial charge in [0.05, 0.1) is 18.8 Å². The average molecular weight is 468 g/mol. The lowest BCUT2D eigenvalue weighted by Crippen LogP contribution is -2.45. The van der Waals surface area contributed by atoms with E-state index in [9.17, 15) is 15.0 Å². The molecule has 0 spiro atoms. The summed E-state index contributed by atoms with van der Waals surface area (Å²) >= 11 is 0. The maximum absolute atomic E-state index is 11.8. The Kier molecular flexibility index (Phi) is 25.1. The summed E-state index contributed by atoms with van der Waals surface area (Å²) in [6, 6.07) is -0.610. The Balaban J connectivity index is 3.45. The van der Waals surface area contributed by atoms with E-state index in [2.05, 4.69) is 12.2 Å². The molecule has 3 N–H and O–H groups in total. The molecule has 0 radical (unpaired) electrons. The Morgan fingerprint density at radius 3 is 1.55 bits per heavy atom. The second kappa shape index (κ2) is 25.7. The molecule has 0 heterocycles. The number of hydrogen-bond donors (Lipinski definition) is 3. The van der Waals surface area contributed by atoms with Crippen LogP contribution < -0.4 is 5.32 Å². The van der Waals surface area contributed by atoms with E-state index in [0.717, 1.165) is 25.7 Å². The van der Waals surface area contributed by atoms with Gasteiger partial charge in [0.2, 0.25) is 5.91 Å². The van der Waals surface area contributed by atoms with Crippen molar-refractivity contribution in [1.82, 2.24) is 5.32 Å². The highest BCUT2D eigenvalue weighted by atomic mass is 16.3. The Morgan fingerprint density at radius 1 is 0.697 bits per heavy atom. The van der Waals surface area contributed by atoms with Crippen molar-refractivity contribution in [3.63, 3.8) is 0 Å². The number of allylic oxidation sites excluding steroid dienone is 1. The Hall–Kier alpha value is -0.870. The molecule has 2 atom stereocenters. The molecular weight excluding hydrogens is 410 g/mol. The highest BCUT2D eigenvalue weighted by Gasteiger charge is 2.17. The minimum absolute atomic E-state index is 0.100. The van der Waals surface area contributed by atoms with Gasteiger partial charge >= 0.3 is 0 Å². The molecule has 4 heteroatoms. The van der Waals surface area contributed by atoms with E-state index >= 15 is 0 Å². The fourth-order valence-electron chi connectivity index (χ4n) is 4.21. The first-order chi connectivity index (χ1) is 16.2. The van der Waals surface area contributed by atoms with Crippen LogP contribution in [0.25, 0.3) is 0 Å². The minimum Gasteiger partial charge on any atom is -0.394 e. The van der Waals surface area contributed by atoms with Crippen LogP contribution in [-0.4, -0.2) is 34.9 Å². The second-order valence-electron chi connectivity index (χ2n) is 9.82. The molecule has 0 saturated heterocycles. The van der Waals surface area contributed by atoms with Crippen LogP contribution in [0.1, 0.15) is 149 Å². The van der Waals surface area contributed by atoms with Gasteiger partial charge in [-0.1, -0.05) is 135 Å². The van der Waals surface area contributed by atoms with E-state index in [4.69, 9.17) is 0 Å². The van der Waals surface area contributed by atoms with Crippen molar-refractivity contribution in [3.8, 4) is 0 Å². The zero-order valence-electron chi connectivity index (χ0n) is 22.2. The van der Waals surface area contributed by atoms with Crippen molar-refractivity contribution < 1.29 is 15.0 Å². The monoisotopic (exact) mass is 467 g/mol. The molecule has 1 amide bonds. The molecule has 0 rings (SSSR count). The number of carbonyl (C=O) groups is 1. The summed E-state index contributed by atoms with van der Waals surface area (Å²) in [6.07, 6.45) is 29.4. The van der Waals surface area contributed by atoms with Crippen LogP contribution in [0.2, 0.25) is 0 Å². The normalized spacial score (nSPS) is 13.5. The predicted octanol–water partition coefficient (Wildman–Crippen LogP) is 7.61. The molecule has 196 valence electrons. The number of carbonyl (C=O) groups excluding carboxylic acids is 1. The molecule has 0 fully saturated rings. The molecular formula is C29H57NO3. The smallest absolute Gasteiger partial charge is 0.220 e. The number of nitrogens with one attached hydrogen (secondary N) is 1. The van der Waals surface area contributed by atoms with Gasteiger partial charge in [-0.25, -0.2) is 0 Å². The molecule has 2 unspecified atom stereocenters. The maximum atomic E-state index is 11.8. The van der Waals surface area contributed by atoms with Crippen molar-refractivity contribution in [1.29, 1.82) is 0 Å². The third kappa shape index (κ3) is 22.7. The summed E-state index contributed by atoms with van der Waals surface area (Å²) in [7, 11) is 0. The zero-order valence-corrected chi connectivity index (χ0v) is 22.2. The largest absolute Gasteiger partial charge is 0.394 e. The second-order valence-corrected chi connectivity index (χ2v) is 9.82. The summed E-state index contributed by atoms with van der Waals surface area (Å²) in [5.41, 5.74) is 0. The molecule has 0 aromatic rings. The van der Waals surface area contributed by atoms with E-state index in [-0.39, 0.29) is 12.5 Å². The molecule has 33 heavy (non-hydrogen) atoms. The summed E-state index contributed by atoms with van der Waals surface area (Å²) < 4.78 is 0. The number of amides is 1.